The number of aliphatic hydroxyl groups is 1. The van der Waals surface area contributed by atoms with Crippen LogP contribution in [-0.4, -0.2) is 54.3 Å². The number of nitrogens with zero attached hydrogens (tertiary/aromatic N) is 3. The summed E-state index contributed by atoms with van der Waals surface area (Å²) in [5.74, 6) is 0.564. The van der Waals surface area contributed by atoms with Gasteiger partial charge >= 0.3 is 6.18 Å². The van der Waals surface area contributed by atoms with Crippen LogP contribution in [0.15, 0.2) is 11.2 Å². The number of thioether (sulfide) groups is 1. The predicted octanol–water partition coefficient (Wildman–Crippen LogP) is 1.60. The van der Waals surface area contributed by atoms with Gasteiger partial charge in [0, 0.05) is 19.7 Å². The van der Waals surface area contributed by atoms with Crippen molar-refractivity contribution in [3.8, 4) is 0 Å². The van der Waals surface area contributed by atoms with Crippen LogP contribution in [-0.2, 0) is 0 Å². The van der Waals surface area contributed by atoms with Gasteiger partial charge in [-0.2, -0.15) is 13.2 Å². The Morgan fingerprint density at radius 1 is 1.42 bits per heavy atom. The van der Waals surface area contributed by atoms with Gasteiger partial charge < -0.3 is 15.3 Å². The van der Waals surface area contributed by atoms with Gasteiger partial charge in [-0.15, -0.1) is 0 Å². The lowest BCUT2D eigenvalue weighted by molar-refractivity contribution is -0.120. The quantitative estimate of drug-likeness (QED) is 0.614. The molecule has 1 heterocycles. The highest BCUT2D eigenvalue weighted by atomic mass is 32.2. The first-order valence-electron chi connectivity index (χ1n) is 5.43. The molecular weight excluding hydrogens is 281 g/mol. The number of aliphatic hydroxyl groups excluding tert-OH is 1. The van der Waals surface area contributed by atoms with E-state index in [9.17, 15) is 13.2 Å². The second-order valence-corrected chi connectivity index (χ2v) is 4.38. The normalized spacial score (nSPS) is 11.5. The molecule has 0 unspecified atom stereocenters. The van der Waals surface area contributed by atoms with E-state index in [1.165, 1.54) is 17.8 Å². The minimum absolute atomic E-state index is 0.134. The van der Waals surface area contributed by atoms with Crippen molar-refractivity contribution in [2.75, 3.05) is 43.2 Å². The Balaban J connectivity index is 3.06. The third-order valence-electron chi connectivity index (χ3n) is 2.19. The maximum Gasteiger partial charge on any atom is 0.405 e. The van der Waals surface area contributed by atoms with Crippen molar-refractivity contribution in [2.45, 2.75) is 11.3 Å². The van der Waals surface area contributed by atoms with Gasteiger partial charge in [0.2, 0.25) is 0 Å². The molecule has 19 heavy (non-hydrogen) atoms. The summed E-state index contributed by atoms with van der Waals surface area (Å²) in [5, 5.41) is 12.0. The van der Waals surface area contributed by atoms with Crippen molar-refractivity contribution < 1.29 is 18.3 Å². The Hall–Kier alpha value is -1.22. The molecule has 0 amide bonds. The van der Waals surface area contributed by atoms with Crippen molar-refractivity contribution >= 4 is 23.4 Å². The van der Waals surface area contributed by atoms with E-state index in [0.717, 1.165) is 4.90 Å². The molecule has 9 heteroatoms. The zero-order chi connectivity index (χ0) is 14.5. The molecule has 2 N–H and O–H groups in total. The van der Waals surface area contributed by atoms with Gasteiger partial charge in [0.1, 0.15) is 18.2 Å². The average molecular weight is 296 g/mol. The fourth-order valence-corrected chi connectivity index (χ4v) is 1.78. The van der Waals surface area contributed by atoms with Crippen LogP contribution in [0.25, 0.3) is 0 Å². The molecule has 0 fully saturated rings. The monoisotopic (exact) mass is 296 g/mol. The van der Waals surface area contributed by atoms with Crippen molar-refractivity contribution in [3.05, 3.63) is 6.07 Å². The van der Waals surface area contributed by atoms with Crippen molar-refractivity contribution in [1.82, 2.24) is 9.97 Å². The van der Waals surface area contributed by atoms with E-state index >= 15 is 0 Å². The van der Waals surface area contributed by atoms with E-state index in [1.807, 2.05) is 0 Å². The highest BCUT2D eigenvalue weighted by molar-refractivity contribution is 7.98. The summed E-state index contributed by atoms with van der Waals surface area (Å²) < 4.78 is 37.5. The van der Waals surface area contributed by atoms with Crippen molar-refractivity contribution in [3.63, 3.8) is 0 Å². The maximum absolute atomic E-state index is 12.5. The molecule has 108 valence electrons. The van der Waals surface area contributed by atoms with E-state index in [1.54, 1.807) is 13.3 Å². The number of anilines is 2. The molecule has 0 saturated heterocycles. The zero-order valence-electron chi connectivity index (χ0n) is 10.5. The first-order valence-corrected chi connectivity index (χ1v) is 6.65. The Bertz CT molecular complexity index is 394. The van der Waals surface area contributed by atoms with Gasteiger partial charge in [0.25, 0.3) is 0 Å². The molecule has 0 saturated carbocycles. The largest absolute Gasteiger partial charge is 0.405 e. The summed E-state index contributed by atoms with van der Waals surface area (Å²) in [6, 6.07) is 1.42. The van der Waals surface area contributed by atoms with E-state index < -0.39 is 12.7 Å². The van der Waals surface area contributed by atoms with Gasteiger partial charge in [0.15, 0.2) is 5.16 Å². The summed E-state index contributed by atoms with van der Waals surface area (Å²) in [6.07, 6.45) is -2.63. The van der Waals surface area contributed by atoms with Crippen LogP contribution in [0.4, 0.5) is 24.8 Å². The van der Waals surface area contributed by atoms with Crippen LogP contribution >= 0.6 is 11.8 Å². The standard InChI is InChI=1S/C10H15F3N4OS/c1-14-7-5-8(16-9(15-7)19-2)17(3-4-18)6-10(11,12)13/h5,18H,3-4,6H2,1-2H3,(H,14,15,16). The summed E-state index contributed by atoms with van der Waals surface area (Å²) in [4.78, 5) is 9.08. The second kappa shape index (κ2) is 6.80. The van der Waals surface area contributed by atoms with Gasteiger partial charge in [-0.25, -0.2) is 9.97 Å². The lowest BCUT2D eigenvalue weighted by atomic mass is 10.4. The fraction of sp³-hybridized carbons (Fsp3) is 0.600. The molecule has 0 aromatic carbocycles. The van der Waals surface area contributed by atoms with Gasteiger partial charge in [-0.1, -0.05) is 11.8 Å². The van der Waals surface area contributed by atoms with Crippen LogP contribution in [0.1, 0.15) is 0 Å². The SMILES string of the molecule is CNc1cc(N(CCO)CC(F)(F)F)nc(SC)n1. The molecule has 1 aromatic heterocycles. The second-order valence-electron chi connectivity index (χ2n) is 3.61. The van der Waals surface area contributed by atoms with E-state index in [2.05, 4.69) is 15.3 Å². The van der Waals surface area contributed by atoms with Crippen molar-refractivity contribution in [2.24, 2.45) is 0 Å². The van der Waals surface area contributed by atoms with Crippen LogP contribution in [0.3, 0.4) is 0 Å². The number of nitrogens with one attached hydrogen (secondary N) is 1. The average Bonchev–Trinajstić information content (AvgIpc) is 2.36. The summed E-state index contributed by atoms with van der Waals surface area (Å²) >= 11 is 1.23. The predicted molar refractivity (Wildman–Crippen MR) is 68.7 cm³/mol. The summed E-state index contributed by atoms with van der Waals surface area (Å²) in [7, 11) is 1.62. The Labute approximate surface area is 113 Å². The van der Waals surface area contributed by atoms with Gasteiger partial charge in [-0.3, -0.25) is 0 Å². The van der Waals surface area contributed by atoms with Crippen LogP contribution in [0.5, 0.6) is 0 Å². The molecule has 1 rings (SSSR count). The first kappa shape index (κ1) is 15.8. The molecule has 0 bridgehead atoms. The highest BCUT2D eigenvalue weighted by Gasteiger charge is 2.31. The molecular formula is C10H15F3N4OS. The Morgan fingerprint density at radius 3 is 2.58 bits per heavy atom. The third-order valence-corrected chi connectivity index (χ3v) is 2.74. The minimum atomic E-state index is -4.36. The lowest BCUT2D eigenvalue weighted by Crippen LogP contribution is -2.37. The molecule has 0 radical (unpaired) electrons. The van der Waals surface area contributed by atoms with Crippen molar-refractivity contribution in [1.29, 1.82) is 0 Å². The smallest absolute Gasteiger partial charge is 0.395 e. The maximum atomic E-state index is 12.5. The topological polar surface area (TPSA) is 61.3 Å². The number of rotatable bonds is 6. The number of halogens is 3. The molecule has 0 atom stereocenters. The van der Waals surface area contributed by atoms with Gasteiger partial charge in [0.05, 0.1) is 6.61 Å². The molecule has 0 spiro atoms. The molecule has 0 aliphatic heterocycles. The summed E-state index contributed by atoms with van der Waals surface area (Å²) in [5.41, 5.74) is 0. The van der Waals surface area contributed by atoms with E-state index in [4.69, 9.17) is 5.11 Å². The number of aromatic nitrogens is 2. The molecule has 1 aromatic rings. The third kappa shape index (κ3) is 5.11. The number of hydrogen-bond donors (Lipinski definition) is 2. The molecule has 0 aliphatic carbocycles. The minimum Gasteiger partial charge on any atom is -0.395 e. The highest BCUT2D eigenvalue weighted by Crippen LogP contribution is 2.24. The Kier molecular flexibility index (Phi) is 5.67. The van der Waals surface area contributed by atoms with E-state index in [0.29, 0.717) is 11.0 Å². The summed E-state index contributed by atoms with van der Waals surface area (Å²) in [6.45, 7) is -1.70. The van der Waals surface area contributed by atoms with E-state index in [-0.39, 0.29) is 19.0 Å². The fourth-order valence-electron chi connectivity index (χ4n) is 1.41. The molecule has 5 nitrogen and oxygen atoms in total. The Morgan fingerprint density at radius 2 is 2.11 bits per heavy atom. The molecule has 0 aliphatic rings. The number of hydrogen-bond acceptors (Lipinski definition) is 6. The lowest BCUT2D eigenvalue weighted by Gasteiger charge is -2.24. The number of alkyl halides is 3. The zero-order valence-corrected chi connectivity index (χ0v) is 11.3. The van der Waals surface area contributed by atoms with Gasteiger partial charge in [-0.05, 0) is 6.26 Å². The van der Waals surface area contributed by atoms with Crippen LogP contribution in [0, 0.1) is 0 Å². The van der Waals surface area contributed by atoms with Crippen LogP contribution < -0.4 is 10.2 Å². The first-order chi connectivity index (χ1) is 8.89. The van der Waals surface area contributed by atoms with Crippen LogP contribution in [0.2, 0.25) is 0 Å².